The van der Waals surface area contributed by atoms with Crippen LogP contribution in [0.2, 0.25) is 0 Å². The van der Waals surface area contributed by atoms with Gasteiger partial charge in [0.25, 0.3) is 5.92 Å². The van der Waals surface area contributed by atoms with Gasteiger partial charge in [0.1, 0.15) is 0 Å². The Labute approximate surface area is 70.2 Å². The summed E-state index contributed by atoms with van der Waals surface area (Å²) in [4.78, 5) is 0. The largest absolute Gasteiger partial charge is 0.255 e. The average Bonchev–Trinajstić information content (AvgIpc) is 2.61. The zero-order valence-corrected chi connectivity index (χ0v) is 6.85. The van der Waals surface area contributed by atoms with Crippen LogP contribution >= 0.6 is 0 Å². The van der Waals surface area contributed by atoms with E-state index in [1.165, 1.54) is 0 Å². The number of halogens is 2. The van der Waals surface area contributed by atoms with Gasteiger partial charge in [-0.05, 0) is 18.1 Å². The highest BCUT2D eigenvalue weighted by Crippen LogP contribution is 2.56. The Morgan fingerprint density at radius 3 is 2.42 bits per heavy atom. The van der Waals surface area contributed by atoms with E-state index in [-0.39, 0.29) is 6.42 Å². The first-order valence-corrected chi connectivity index (χ1v) is 4.04. The third-order valence-corrected chi connectivity index (χ3v) is 2.39. The fourth-order valence-corrected chi connectivity index (χ4v) is 1.53. The number of aryl methyl sites for hydroxylation is 1. The highest BCUT2D eigenvalue weighted by molar-refractivity contribution is 5.35. The molecule has 0 amide bonds. The summed E-state index contributed by atoms with van der Waals surface area (Å²) < 4.78 is 25.3. The van der Waals surface area contributed by atoms with Crippen molar-refractivity contribution in [3.63, 3.8) is 0 Å². The van der Waals surface area contributed by atoms with Gasteiger partial charge in [-0.3, -0.25) is 0 Å². The van der Waals surface area contributed by atoms with Crippen LogP contribution in [0.25, 0.3) is 0 Å². The first-order valence-electron chi connectivity index (χ1n) is 4.04. The zero-order chi connectivity index (χ0) is 8.77. The lowest BCUT2D eigenvalue weighted by Crippen LogP contribution is -1.94. The average molecular weight is 168 g/mol. The molecule has 2 rings (SSSR count). The molecule has 0 nitrogen and oxygen atoms in total. The molecule has 1 atom stereocenters. The summed E-state index contributed by atoms with van der Waals surface area (Å²) in [6.07, 6.45) is 0.0256. The van der Waals surface area contributed by atoms with Crippen LogP contribution in [0.4, 0.5) is 8.78 Å². The SMILES string of the molecule is Cc1ccccc1C1CC1(F)F. The molecule has 1 unspecified atom stereocenters. The van der Waals surface area contributed by atoms with Crippen molar-refractivity contribution in [2.45, 2.75) is 25.2 Å². The van der Waals surface area contributed by atoms with Crippen LogP contribution in [0.3, 0.4) is 0 Å². The van der Waals surface area contributed by atoms with Crippen molar-refractivity contribution in [2.75, 3.05) is 0 Å². The van der Waals surface area contributed by atoms with E-state index in [1.54, 1.807) is 6.07 Å². The van der Waals surface area contributed by atoms with Gasteiger partial charge in [-0.1, -0.05) is 24.3 Å². The molecule has 1 aliphatic rings. The predicted octanol–water partition coefficient (Wildman–Crippen LogP) is 3.12. The second-order valence-electron chi connectivity index (χ2n) is 3.37. The van der Waals surface area contributed by atoms with Gasteiger partial charge >= 0.3 is 0 Å². The summed E-state index contributed by atoms with van der Waals surface area (Å²) in [7, 11) is 0. The van der Waals surface area contributed by atoms with Crippen LogP contribution in [0.1, 0.15) is 23.5 Å². The highest BCUT2D eigenvalue weighted by Gasteiger charge is 2.57. The maximum atomic E-state index is 12.7. The van der Waals surface area contributed by atoms with Gasteiger partial charge in [0.2, 0.25) is 0 Å². The van der Waals surface area contributed by atoms with E-state index in [4.69, 9.17) is 0 Å². The molecule has 0 spiro atoms. The summed E-state index contributed by atoms with van der Waals surface area (Å²) in [6, 6.07) is 7.36. The minimum absolute atomic E-state index is 0.0256. The normalized spacial score (nSPS) is 25.4. The zero-order valence-electron chi connectivity index (χ0n) is 6.85. The molecule has 0 N–H and O–H groups in total. The van der Waals surface area contributed by atoms with Crippen LogP contribution < -0.4 is 0 Å². The number of benzene rings is 1. The molecular formula is C10H10F2. The summed E-state index contributed by atoms with van der Waals surface area (Å²) >= 11 is 0. The Hall–Kier alpha value is -0.920. The second kappa shape index (κ2) is 2.28. The number of alkyl halides is 2. The lowest BCUT2D eigenvalue weighted by Gasteiger charge is -2.02. The Morgan fingerprint density at radius 2 is 1.92 bits per heavy atom. The Balaban J connectivity index is 2.31. The van der Waals surface area contributed by atoms with Crippen LogP contribution in [-0.4, -0.2) is 5.92 Å². The van der Waals surface area contributed by atoms with Crippen molar-refractivity contribution in [2.24, 2.45) is 0 Å². The van der Waals surface area contributed by atoms with Crippen molar-refractivity contribution < 1.29 is 8.78 Å². The fraction of sp³-hybridized carbons (Fsp3) is 0.400. The molecule has 0 aromatic heterocycles. The van der Waals surface area contributed by atoms with Gasteiger partial charge in [-0.15, -0.1) is 0 Å². The van der Waals surface area contributed by atoms with Crippen LogP contribution in [0, 0.1) is 6.92 Å². The van der Waals surface area contributed by atoms with Gasteiger partial charge < -0.3 is 0 Å². The second-order valence-corrected chi connectivity index (χ2v) is 3.37. The maximum Gasteiger partial charge on any atom is 0.255 e. The topological polar surface area (TPSA) is 0 Å². The molecule has 0 aliphatic heterocycles. The van der Waals surface area contributed by atoms with E-state index in [0.29, 0.717) is 0 Å². The maximum absolute atomic E-state index is 12.7. The molecule has 2 heteroatoms. The van der Waals surface area contributed by atoms with Crippen molar-refractivity contribution in [3.05, 3.63) is 35.4 Å². The predicted molar refractivity (Wildman–Crippen MR) is 43.5 cm³/mol. The van der Waals surface area contributed by atoms with Crippen molar-refractivity contribution >= 4 is 0 Å². The molecule has 0 saturated heterocycles. The molecular weight excluding hydrogens is 158 g/mol. The van der Waals surface area contributed by atoms with E-state index in [2.05, 4.69) is 0 Å². The van der Waals surface area contributed by atoms with E-state index >= 15 is 0 Å². The quantitative estimate of drug-likeness (QED) is 0.604. The summed E-state index contributed by atoms with van der Waals surface area (Å²) in [5, 5.41) is 0. The molecule has 12 heavy (non-hydrogen) atoms. The molecule has 64 valence electrons. The smallest absolute Gasteiger partial charge is 0.206 e. The molecule has 1 saturated carbocycles. The first-order chi connectivity index (χ1) is 5.61. The summed E-state index contributed by atoms with van der Waals surface area (Å²) in [5.74, 6) is -2.95. The van der Waals surface area contributed by atoms with E-state index in [9.17, 15) is 8.78 Å². The number of hydrogen-bond acceptors (Lipinski definition) is 0. The van der Waals surface area contributed by atoms with Gasteiger partial charge in [0.15, 0.2) is 0 Å². The highest BCUT2D eigenvalue weighted by atomic mass is 19.3. The van der Waals surface area contributed by atoms with Crippen molar-refractivity contribution in [1.82, 2.24) is 0 Å². The Morgan fingerprint density at radius 1 is 1.33 bits per heavy atom. The molecule has 0 heterocycles. The molecule has 1 aliphatic carbocycles. The summed E-state index contributed by atoms with van der Waals surface area (Å²) in [5.41, 5.74) is 1.78. The Kier molecular flexibility index (Phi) is 1.47. The third kappa shape index (κ3) is 1.11. The molecule has 1 aromatic carbocycles. The first kappa shape index (κ1) is 7.71. The van der Waals surface area contributed by atoms with Crippen molar-refractivity contribution in [1.29, 1.82) is 0 Å². The van der Waals surface area contributed by atoms with Gasteiger partial charge in [0, 0.05) is 6.42 Å². The minimum atomic E-state index is -2.44. The lowest BCUT2D eigenvalue weighted by molar-refractivity contribution is 0.112. The molecule has 0 radical (unpaired) electrons. The van der Waals surface area contributed by atoms with Gasteiger partial charge in [0.05, 0.1) is 5.92 Å². The molecule has 1 fully saturated rings. The number of hydrogen-bond donors (Lipinski definition) is 0. The van der Waals surface area contributed by atoms with Gasteiger partial charge in [-0.25, -0.2) is 8.78 Å². The van der Waals surface area contributed by atoms with E-state index < -0.39 is 11.8 Å². The van der Waals surface area contributed by atoms with Crippen LogP contribution in [-0.2, 0) is 0 Å². The number of rotatable bonds is 1. The van der Waals surface area contributed by atoms with Gasteiger partial charge in [-0.2, -0.15) is 0 Å². The molecule has 1 aromatic rings. The molecule has 0 bridgehead atoms. The minimum Gasteiger partial charge on any atom is -0.206 e. The van der Waals surface area contributed by atoms with E-state index in [0.717, 1.165) is 11.1 Å². The standard InChI is InChI=1S/C10H10F2/c1-7-4-2-3-5-8(7)9-6-10(9,11)12/h2-5,9H,6H2,1H3. The Bertz CT molecular complexity index is 304. The lowest BCUT2D eigenvalue weighted by atomic mass is 10.0. The van der Waals surface area contributed by atoms with Crippen LogP contribution in [0.5, 0.6) is 0 Å². The van der Waals surface area contributed by atoms with Crippen LogP contribution in [0.15, 0.2) is 24.3 Å². The fourth-order valence-electron chi connectivity index (χ4n) is 1.53. The van der Waals surface area contributed by atoms with Crippen molar-refractivity contribution in [3.8, 4) is 0 Å². The third-order valence-electron chi connectivity index (χ3n) is 2.39. The monoisotopic (exact) mass is 168 g/mol. The summed E-state index contributed by atoms with van der Waals surface area (Å²) in [6.45, 7) is 1.88. The van der Waals surface area contributed by atoms with E-state index in [1.807, 2.05) is 25.1 Å².